The van der Waals surface area contributed by atoms with E-state index in [-0.39, 0.29) is 33.6 Å². The largest absolute Gasteiger partial charge is 0.350 e. The number of methoxy groups -OCH3 is 2. The van der Waals surface area contributed by atoms with E-state index in [2.05, 4.69) is 15.2 Å². The van der Waals surface area contributed by atoms with Crippen LogP contribution in [0.5, 0.6) is 0 Å². The Morgan fingerprint density at radius 3 is 2.50 bits per heavy atom. The van der Waals surface area contributed by atoms with Crippen LogP contribution in [0.2, 0.25) is 5.02 Å². The van der Waals surface area contributed by atoms with E-state index in [0.29, 0.717) is 29.6 Å². The molecule has 3 heterocycles. The second-order valence-electron chi connectivity index (χ2n) is 8.31. The number of pyridine rings is 2. The van der Waals surface area contributed by atoms with Gasteiger partial charge in [0.2, 0.25) is 6.29 Å². The predicted octanol–water partition coefficient (Wildman–Crippen LogP) is 3.09. The van der Waals surface area contributed by atoms with E-state index in [4.69, 9.17) is 31.3 Å². The summed E-state index contributed by atoms with van der Waals surface area (Å²) in [6.45, 7) is 2.75. The molecule has 2 amide bonds. The Kier molecular flexibility index (Phi) is 7.76. The lowest BCUT2D eigenvalue weighted by Crippen LogP contribution is -2.47. The minimum atomic E-state index is -0.907. The van der Waals surface area contributed by atoms with Crippen molar-refractivity contribution in [2.45, 2.75) is 6.29 Å². The number of fused-ring (bicyclic) bond motifs is 1. The summed E-state index contributed by atoms with van der Waals surface area (Å²) in [5.41, 5.74) is 1.49. The number of para-hydroxylation sites is 1. The number of likely N-dealkylation sites (N-methyl/N-ethyl adjacent to an activating group) is 1. The number of hydrogen-bond donors (Lipinski definition) is 1. The summed E-state index contributed by atoms with van der Waals surface area (Å²) in [6.07, 6.45) is 0.381. The number of hydrogen-bond acceptors (Lipinski definition) is 8. The van der Waals surface area contributed by atoms with Crippen molar-refractivity contribution >= 4 is 40.1 Å². The maximum atomic E-state index is 13.5. The van der Waals surface area contributed by atoms with Gasteiger partial charge in [0, 0.05) is 58.0 Å². The third kappa shape index (κ3) is 5.15. The molecule has 1 aromatic carbocycles. The minimum absolute atomic E-state index is 0.169. The Balaban J connectivity index is 1.75. The molecule has 3 aromatic rings. The lowest BCUT2D eigenvalue weighted by Gasteiger charge is -2.33. The summed E-state index contributed by atoms with van der Waals surface area (Å²) in [5, 5.41) is 12.5. The summed E-state index contributed by atoms with van der Waals surface area (Å²) in [6, 6.07) is 10.2. The first-order chi connectivity index (χ1) is 17.4. The Morgan fingerprint density at radius 1 is 1.14 bits per heavy atom. The second kappa shape index (κ2) is 11.0. The van der Waals surface area contributed by atoms with E-state index in [1.807, 2.05) is 13.1 Å². The number of nitrogens with zero attached hydrogens (tertiary/aromatic N) is 5. The molecule has 1 aliphatic rings. The first kappa shape index (κ1) is 25.5. The lowest BCUT2D eigenvalue weighted by molar-refractivity contribution is -0.108. The molecule has 1 aliphatic heterocycles. The lowest BCUT2D eigenvalue weighted by atomic mass is 10.0. The molecule has 0 saturated carbocycles. The van der Waals surface area contributed by atoms with Crippen LogP contribution < -0.4 is 5.32 Å². The number of rotatable bonds is 6. The van der Waals surface area contributed by atoms with Gasteiger partial charge in [-0.05, 0) is 19.2 Å². The monoisotopic (exact) mass is 508 g/mol. The molecule has 11 heteroatoms. The number of aromatic nitrogens is 2. The van der Waals surface area contributed by atoms with Crippen LogP contribution in [0.3, 0.4) is 0 Å². The number of ether oxygens (including phenoxy) is 2. The number of benzene rings is 1. The van der Waals surface area contributed by atoms with Gasteiger partial charge in [0.1, 0.15) is 17.6 Å². The Morgan fingerprint density at radius 2 is 1.86 bits per heavy atom. The van der Waals surface area contributed by atoms with Crippen molar-refractivity contribution in [2.24, 2.45) is 0 Å². The van der Waals surface area contributed by atoms with Gasteiger partial charge in [0.15, 0.2) is 0 Å². The zero-order valence-corrected chi connectivity index (χ0v) is 20.9. The zero-order valence-electron chi connectivity index (χ0n) is 20.1. The fourth-order valence-corrected chi connectivity index (χ4v) is 4.21. The summed E-state index contributed by atoms with van der Waals surface area (Å²) < 4.78 is 10.9. The van der Waals surface area contributed by atoms with Gasteiger partial charge in [-0.2, -0.15) is 5.26 Å². The quantitative estimate of drug-likeness (QED) is 0.504. The maximum absolute atomic E-state index is 13.5. The van der Waals surface area contributed by atoms with E-state index >= 15 is 0 Å². The molecular formula is C25H25ClN6O4. The molecule has 0 atom stereocenters. The number of anilines is 1. The van der Waals surface area contributed by atoms with Gasteiger partial charge in [-0.25, -0.2) is 9.97 Å². The van der Waals surface area contributed by atoms with Gasteiger partial charge in [0.05, 0.1) is 27.2 Å². The van der Waals surface area contributed by atoms with Crippen LogP contribution >= 0.6 is 11.6 Å². The van der Waals surface area contributed by atoms with Crippen LogP contribution in [0, 0.1) is 11.3 Å². The van der Waals surface area contributed by atoms with Crippen LogP contribution in [-0.4, -0.2) is 79.0 Å². The molecule has 0 spiro atoms. The summed E-state index contributed by atoms with van der Waals surface area (Å²) in [7, 11) is 4.94. The van der Waals surface area contributed by atoms with E-state index in [1.165, 1.54) is 26.5 Å². The number of nitriles is 1. The predicted molar refractivity (Wildman–Crippen MR) is 134 cm³/mol. The average molecular weight is 509 g/mol. The molecule has 186 valence electrons. The van der Waals surface area contributed by atoms with Gasteiger partial charge < -0.3 is 24.6 Å². The van der Waals surface area contributed by atoms with E-state index < -0.39 is 12.2 Å². The molecule has 0 aliphatic carbocycles. The van der Waals surface area contributed by atoms with E-state index in [9.17, 15) is 9.59 Å². The standard InChI is InChI=1S/C25H25ClN6O4/c1-31-7-9-32(10-8-31)24(34)18-11-15-5-4-6-17(21(15)30-22(18)25(35-2)36-3)23(33)29-20-12-19(26)16(13-27)14-28-20/h4-6,11-12,14,25H,7-10H2,1-3H3,(H,28,29,33). The van der Waals surface area contributed by atoms with E-state index in [1.54, 1.807) is 29.2 Å². The fraction of sp³-hybridized carbons (Fsp3) is 0.320. The number of halogens is 1. The van der Waals surface area contributed by atoms with Crippen LogP contribution in [-0.2, 0) is 9.47 Å². The van der Waals surface area contributed by atoms with Gasteiger partial charge in [-0.3, -0.25) is 9.59 Å². The molecule has 10 nitrogen and oxygen atoms in total. The van der Waals surface area contributed by atoms with Crippen molar-refractivity contribution in [1.29, 1.82) is 5.26 Å². The van der Waals surface area contributed by atoms with Crippen molar-refractivity contribution in [3.8, 4) is 6.07 Å². The first-order valence-corrected chi connectivity index (χ1v) is 11.6. The van der Waals surface area contributed by atoms with Crippen molar-refractivity contribution in [3.63, 3.8) is 0 Å². The van der Waals surface area contributed by atoms with Gasteiger partial charge in [-0.1, -0.05) is 23.7 Å². The molecular weight excluding hydrogens is 484 g/mol. The average Bonchev–Trinajstić information content (AvgIpc) is 2.88. The molecule has 2 aromatic heterocycles. The van der Waals surface area contributed by atoms with Crippen LogP contribution in [0.1, 0.15) is 38.3 Å². The number of nitrogens with one attached hydrogen (secondary N) is 1. The fourth-order valence-electron chi connectivity index (χ4n) is 4.01. The molecule has 0 unspecified atom stereocenters. The second-order valence-corrected chi connectivity index (χ2v) is 8.72. The van der Waals surface area contributed by atoms with Gasteiger partial charge in [0.25, 0.3) is 11.8 Å². The molecule has 4 rings (SSSR count). The van der Waals surface area contributed by atoms with Crippen molar-refractivity contribution in [3.05, 3.63) is 63.9 Å². The summed E-state index contributed by atoms with van der Waals surface area (Å²) in [5.74, 6) is -0.454. The number of amides is 2. The maximum Gasteiger partial charge on any atom is 0.259 e. The highest BCUT2D eigenvalue weighted by atomic mass is 35.5. The van der Waals surface area contributed by atoms with Crippen molar-refractivity contribution < 1.29 is 19.1 Å². The number of piperazine rings is 1. The van der Waals surface area contributed by atoms with Crippen LogP contribution in [0.15, 0.2) is 36.5 Å². The third-order valence-corrected chi connectivity index (χ3v) is 6.32. The highest BCUT2D eigenvalue weighted by Gasteiger charge is 2.28. The SMILES string of the molecule is COC(OC)c1nc2c(C(=O)Nc3cc(Cl)c(C#N)cn3)cccc2cc1C(=O)N1CCN(C)CC1. The number of carbonyl (C=O) groups is 2. The Hall–Kier alpha value is -3.62. The van der Waals surface area contributed by atoms with Crippen LogP contribution in [0.25, 0.3) is 10.9 Å². The summed E-state index contributed by atoms with van der Waals surface area (Å²) >= 11 is 6.07. The first-order valence-electron chi connectivity index (χ1n) is 11.2. The smallest absolute Gasteiger partial charge is 0.259 e. The minimum Gasteiger partial charge on any atom is -0.350 e. The van der Waals surface area contributed by atoms with E-state index in [0.717, 1.165) is 13.1 Å². The Labute approximate surface area is 213 Å². The highest BCUT2D eigenvalue weighted by molar-refractivity contribution is 6.32. The third-order valence-electron chi connectivity index (χ3n) is 6.01. The molecule has 36 heavy (non-hydrogen) atoms. The molecule has 0 bridgehead atoms. The number of carbonyl (C=O) groups excluding carboxylic acids is 2. The van der Waals surface area contributed by atoms with Gasteiger partial charge >= 0.3 is 0 Å². The molecule has 1 saturated heterocycles. The van der Waals surface area contributed by atoms with Crippen molar-refractivity contribution in [2.75, 3.05) is 52.8 Å². The Bertz CT molecular complexity index is 1350. The van der Waals surface area contributed by atoms with Crippen molar-refractivity contribution in [1.82, 2.24) is 19.8 Å². The highest BCUT2D eigenvalue weighted by Crippen LogP contribution is 2.28. The molecule has 1 fully saturated rings. The molecule has 0 radical (unpaired) electrons. The van der Waals surface area contributed by atoms with Gasteiger partial charge in [-0.15, -0.1) is 0 Å². The summed E-state index contributed by atoms with van der Waals surface area (Å²) in [4.78, 5) is 39.4. The zero-order chi connectivity index (χ0) is 25.8. The topological polar surface area (TPSA) is 121 Å². The molecule has 1 N–H and O–H groups in total. The van der Waals surface area contributed by atoms with Crippen LogP contribution in [0.4, 0.5) is 5.82 Å². The normalized spacial score (nSPS) is 14.2.